The number of ether oxygens (including phenoxy) is 1. The van der Waals surface area contributed by atoms with Crippen LogP contribution in [0.15, 0.2) is 61.2 Å². The quantitative estimate of drug-likeness (QED) is 0.751. The zero-order valence-electron chi connectivity index (χ0n) is 14.4. The fraction of sp³-hybridized carbons (Fsp3) is 0.333. The molecular weight excluding hydrogens is 296 g/mol. The van der Waals surface area contributed by atoms with Crippen LogP contribution in [0.3, 0.4) is 0 Å². The molecule has 1 saturated heterocycles. The highest BCUT2D eigenvalue weighted by Gasteiger charge is 2.19. The van der Waals surface area contributed by atoms with Crippen molar-refractivity contribution in [3.05, 3.63) is 72.3 Å². The summed E-state index contributed by atoms with van der Waals surface area (Å²) in [4.78, 5) is 5.00. The summed E-state index contributed by atoms with van der Waals surface area (Å²) >= 11 is 0. The van der Waals surface area contributed by atoms with Crippen molar-refractivity contribution in [2.75, 3.05) is 37.7 Å². The van der Waals surface area contributed by atoms with Crippen LogP contribution in [0.4, 0.5) is 5.69 Å². The van der Waals surface area contributed by atoms with Gasteiger partial charge in [-0.05, 0) is 24.6 Å². The molecule has 0 N–H and O–H groups in total. The molecule has 0 aliphatic carbocycles. The SMILES string of the molecule is C=CCOc1ccccc1CN1CCN(c2ccccc2C)CC1. The minimum atomic E-state index is 0.554. The van der Waals surface area contributed by atoms with E-state index < -0.39 is 0 Å². The molecule has 0 aromatic heterocycles. The monoisotopic (exact) mass is 322 g/mol. The van der Waals surface area contributed by atoms with Crippen molar-refractivity contribution in [2.45, 2.75) is 13.5 Å². The number of hydrogen-bond acceptors (Lipinski definition) is 3. The molecule has 0 bridgehead atoms. The predicted molar refractivity (Wildman–Crippen MR) is 101 cm³/mol. The van der Waals surface area contributed by atoms with E-state index in [2.05, 4.69) is 59.7 Å². The van der Waals surface area contributed by atoms with Crippen molar-refractivity contribution in [1.29, 1.82) is 0 Å². The molecule has 0 atom stereocenters. The Bertz CT molecular complexity index is 675. The number of anilines is 1. The summed E-state index contributed by atoms with van der Waals surface area (Å²) in [5.41, 5.74) is 3.98. The van der Waals surface area contributed by atoms with E-state index in [-0.39, 0.29) is 0 Å². The molecule has 0 spiro atoms. The van der Waals surface area contributed by atoms with Crippen LogP contribution in [-0.4, -0.2) is 37.7 Å². The number of rotatable bonds is 6. The van der Waals surface area contributed by atoms with Gasteiger partial charge in [-0.3, -0.25) is 4.90 Å². The van der Waals surface area contributed by atoms with E-state index in [1.54, 1.807) is 6.08 Å². The van der Waals surface area contributed by atoms with Crippen LogP contribution in [0.1, 0.15) is 11.1 Å². The van der Waals surface area contributed by atoms with E-state index >= 15 is 0 Å². The van der Waals surface area contributed by atoms with Gasteiger partial charge in [0.05, 0.1) is 0 Å². The summed E-state index contributed by atoms with van der Waals surface area (Å²) in [6, 6.07) is 17.0. The van der Waals surface area contributed by atoms with Gasteiger partial charge in [0.15, 0.2) is 0 Å². The highest BCUT2D eigenvalue weighted by Crippen LogP contribution is 2.23. The topological polar surface area (TPSA) is 15.7 Å². The molecule has 0 saturated carbocycles. The van der Waals surface area contributed by atoms with Crippen LogP contribution in [0.25, 0.3) is 0 Å². The number of nitrogens with zero attached hydrogens (tertiary/aromatic N) is 2. The molecule has 0 radical (unpaired) electrons. The number of benzene rings is 2. The van der Waals surface area contributed by atoms with Crippen LogP contribution in [0.2, 0.25) is 0 Å². The summed E-state index contributed by atoms with van der Waals surface area (Å²) < 4.78 is 5.78. The zero-order chi connectivity index (χ0) is 16.8. The van der Waals surface area contributed by atoms with Gasteiger partial charge in [-0.1, -0.05) is 49.1 Å². The van der Waals surface area contributed by atoms with Crippen molar-refractivity contribution in [2.24, 2.45) is 0 Å². The van der Waals surface area contributed by atoms with Crippen molar-refractivity contribution in [3.63, 3.8) is 0 Å². The molecular formula is C21H26N2O. The second kappa shape index (κ2) is 8.02. The molecule has 2 aromatic carbocycles. The van der Waals surface area contributed by atoms with Crippen molar-refractivity contribution >= 4 is 5.69 Å². The van der Waals surface area contributed by atoms with Gasteiger partial charge in [-0.2, -0.15) is 0 Å². The third kappa shape index (κ3) is 3.98. The van der Waals surface area contributed by atoms with Gasteiger partial charge in [0, 0.05) is 44.0 Å². The lowest BCUT2D eigenvalue weighted by molar-refractivity contribution is 0.244. The van der Waals surface area contributed by atoms with Gasteiger partial charge < -0.3 is 9.64 Å². The number of aryl methyl sites for hydroxylation is 1. The molecule has 3 heteroatoms. The Labute approximate surface area is 145 Å². The molecule has 1 fully saturated rings. The van der Waals surface area contributed by atoms with Gasteiger partial charge in [0.25, 0.3) is 0 Å². The van der Waals surface area contributed by atoms with E-state index in [0.717, 1.165) is 38.5 Å². The molecule has 126 valence electrons. The molecule has 1 aliphatic heterocycles. The summed E-state index contributed by atoms with van der Waals surface area (Å²) in [6.07, 6.45) is 1.79. The molecule has 0 amide bonds. The van der Waals surface area contributed by atoms with Crippen molar-refractivity contribution in [3.8, 4) is 5.75 Å². The van der Waals surface area contributed by atoms with E-state index in [1.165, 1.54) is 16.8 Å². The fourth-order valence-corrected chi connectivity index (χ4v) is 3.23. The highest BCUT2D eigenvalue weighted by atomic mass is 16.5. The average Bonchev–Trinajstić information content (AvgIpc) is 2.62. The Morgan fingerprint density at radius 1 is 1.00 bits per heavy atom. The fourth-order valence-electron chi connectivity index (χ4n) is 3.23. The first-order valence-corrected chi connectivity index (χ1v) is 8.62. The van der Waals surface area contributed by atoms with Gasteiger partial charge in [0.1, 0.15) is 12.4 Å². The van der Waals surface area contributed by atoms with Crippen LogP contribution in [0.5, 0.6) is 5.75 Å². The van der Waals surface area contributed by atoms with E-state index in [0.29, 0.717) is 6.61 Å². The number of para-hydroxylation sites is 2. The first-order chi connectivity index (χ1) is 11.8. The lowest BCUT2D eigenvalue weighted by atomic mass is 10.1. The Morgan fingerprint density at radius 2 is 1.71 bits per heavy atom. The lowest BCUT2D eigenvalue weighted by Gasteiger charge is -2.37. The maximum atomic E-state index is 5.78. The summed E-state index contributed by atoms with van der Waals surface area (Å²) in [5, 5.41) is 0. The van der Waals surface area contributed by atoms with Gasteiger partial charge in [-0.25, -0.2) is 0 Å². The van der Waals surface area contributed by atoms with Crippen LogP contribution in [0, 0.1) is 6.92 Å². The van der Waals surface area contributed by atoms with Crippen molar-refractivity contribution in [1.82, 2.24) is 4.90 Å². The summed E-state index contributed by atoms with van der Waals surface area (Å²) in [6.45, 7) is 11.7. The molecule has 1 heterocycles. The van der Waals surface area contributed by atoms with Crippen molar-refractivity contribution < 1.29 is 4.74 Å². The number of piperazine rings is 1. The van der Waals surface area contributed by atoms with Gasteiger partial charge in [-0.15, -0.1) is 0 Å². The molecule has 3 rings (SSSR count). The van der Waals surface area contributed by atoms with Crippen LogP contribution in [-0.2, 0) is 6.54 Å². The molecule has 1 aliphatic rings. The third-order valence-corrected chi connectivity index (χ3v) is 4.55. The highest BCUT2D eigenvalue weighted by molar-refractivity contribution is 5.53. The summed E-state index contributed by atoms with van der Waals surface area (Å²) in [7, 11) is 0. The molecule has 24 heavy (non-hydrogen) atoms. The maximum absolute atomic E-state index is 5.78. The van der Waals surface area contributed by atoms with E-state index in [4.69, 9.17) is 4.74 Å². The summed E-state index contributed by atoms with van der Waals surface area (Å²) in [5.74, 6) is 0.971. The Hall–Kier alpha value is -2.26. The molecule has 2 aromatic rings. The van der Waals surface area contributed by atoms with E-state index in [1.807, 2.05) is 12.1 Å². The first kappa shape index (κ1) is 16.6. The molecule has 0 unspecified atom stereocenters. The standard InChI is InChI=1S/C21H26N2O/c1-3-16-24-21-11-7-5-9-19(21)17-22-12-14-23(15-13-22)20-10-6-4-8-18(20)2/h3-11H,1,12-17H2,2H3. The first-order valence-electron chi connectivity index (χ1n) is 8.62. The largest absolute Gasteiger partial charge is 0.489 e. The van der Waals surface area contributed by atoms with Crippen LogP contribution >= 0.6 is 0 Å². The Morgan fingerprint density at radius 3 is 2.46 bits per heavy atom. The predicted octanol–water partition coefficient (Wildman–Crippen LogP) is 3.88. The maximum Gasteiger partial charge on any atom is 0.124 e. The Balaban J connectivity index is 1.60. The second-order valence-electron chi connectivity index (χ2n) is 6.26. The lowest BCUT2D eigenvalue weighted by Crippen LogP contribution is -2.46. The van der Waals surface area contributed by atoms with Crippen LogP contribution < -0.4 is 9.64 Å². The van der Waals surface area contributed by atoms with Gasteiger partial charge in [0.2, 0.25) is 0 Å². The average molecular weight is 322 g/mol. The molecule has 3 nitrogen and oxygen atoms in total. The number of hydrogen-bond donors (Lipinski definition) is 0. The second-order valence-corrected chi connectivity index (χ2v) is 6.26. The third-order valence-electron chi connectivity index (χ3n) is 4.55. The zero-order valence-corrected chi connectivity index (χ0v) is 14.4. The normalized spacial score (nSPS) is 15.3. The minimum Gasteiger partial charge on any atom is -0.489 e. The van der Waals surface area contributed by atoms with Gasteiger partial charge >= 0.3 is 0 Å². The van der Waals surface area contributed by atoms with E-state index in [9.17, 15) is 0 Å². The Kier molecular flexibility index (Phi) is 5.55. The minimum absolute atomic E-state index is 0.554. The smallest absolute Gasteiger partial charge is 0.124 e.